The van der Waals surface area contributed by atoms with E-state index in [1.54, 1.807) is 12.1 Å². The molecule has 0 unspecified atom stereocenters. The number of rotatable bonds is 6. The summed E-state index contributed by atoms with van der Waals surface area (Å²) < 4.78 is 18.9. The van der Waals surface area contributed by atoms with Gasteiger partial charge in [-0.05, 0) is 42.0 Å². The van der Waals surface area contributed by atoms with Gasteiger partial charge in [0.2, 0.25) is 0 Å². The van der Waals surface area contributed by atoms with Gasteiger partial charge >= 0.3 is 0 Å². The number of carbonyl (C=O) groups is 1. The van der Waals surface area contributed by atoms with E-state index in [9.17, 15) is 19.3 Å². The first-order chi connectivity index (χ1) is 15.4. The highest BCUT2D eigenvalue weighted by Gasteiger charge is 2.15. The topological polar surface area (TPSA) is 107 Å². The summed E-state index contributed by atoms with van der Waals surface area (Å²) in [6.45, 7) is 0.106. The second-order valence-electron chi connectivity index (χ2n) is 6.70. The monoisotopic (exact) mass is 452 g/mol. The summed E-state index contributed by atoms with van der Waals surface area (Å²) in [4.78, 5) is 31.3. The van der Waals surface area contributed by atoms with E-state index >= 15 is 0 Å². The first-order valence-corrected chi connectivity index (χ1v) is 9.66. The summed E-state index contributed by atoms with van der Waals surface area (Å²) in [7, 11) is 0. The maximum atomic E-state index is 13.3. The summed E-state index contributed by atoms with van der Waals surface area (Å²) in [5, 5.41) is 14.2. The fourth-order valence-corrected chi connectivity index (χ4v) is 3.22. The van der Waals surface area contributed by atoms with Gasteiger partial charge in [0.25, 0.3) is 11.6 Å². The number of anilines is 1. The molecule has 160 valence electrons. The molecule has 0 atom stereocenters. The van der Waals surface area contributed by atoms with Crippen molar-refractivity contribution in [2.75, 3.05) is 5.32 Å². The number of nitrogens with one attached hydrogen (secondary N) is 1. The summed E-state index contributed by atoms with van der Waals surface area (Å²) in [6, 6.07) is 14.5. The van der Waals surface area contributed by atoms with Crippen molar-refractivity contribution >= 4 is 39.9 Å². The maximum absolute atomic E-state index is 13.3. The predicted molar refractivity (Wildman–Crippen MR) is 116 cm³/mol. The van der Waals surface area contributed by atoms with Gasteiger partial charge < -0.3 is 10.1 Å². The number of amides is 1. The number of benzene rings is 3. The van der Waals surface area contributed by atoms with Gasteiger partial charge in [-0.25, -0.2) is 14.4 Å². The van der Waals surface area contributed by atoms with E-state index in [0.29, 0.717) is 22.2 Å². The Hall–Kier alpha value is -4.11. The molecule has 32 heavy (non-hydrogen) atoms. The molecule has 1 heterocycles. The molecule has 10 heteroatoms. The third-order valence-electron chi connectivity index (χ3n) is 4.54. The number of fused-ring (bicyclic) bond motifs is 1. The summed E-state index contributed by atoms with van der Waals surface area (Å²) in [5.41, 5.74) is 1.16. The number of non-ortho nitro benzene ring substituents is 1. The Kier molecular flexibility index (Phi) is 5.91. The molecule has 1 N–H and O–H groups in total. The largest absolute Gasteiger partial charge is 0.487 e. The summed E-state index contributed by atoms with van der Waals surface area (Å²) in [5.74, 6) is -0.427. The highest BCUT2D eigenvalue weighted by molar-refractivity contribution is 6.32. The van der Waals surface area contributed by atoms with Crippen LogP contribution in [0.3, 0.4) is 0 Å². The average molecular weight is 453 g/mol. The quantitative estimate of drug-likeness (QED) is 0.320. The van der Waals surface area contributed by atoms with E-state index in [4.69, 9.17) is 16.3 Å². The summed E-state index contributed by atoms with van der Waals surface area (Å²) in [6.07, 6.45) is 1.25. The Bertz CT molecular complexity index is 1350. The first kappa shape index (κ1) is 21.1. The number of carbonyl (C=O) groups excluding carboxylic acids is 1. The van der Waals surface area contributed by atoms with Crippen LogP contribution in [0.25, 0.3) is 10.9 Å². The van der Waals surface area contributed by atoms with E-state index in [2.05, 4.69) is 15.3 Å². The number of aromatic nitrogens is 2. The summed E-state index contributed by atoms with van der Waals surface area (Å²) >= 11 is 6.24. The van der Waals surface area contributed by atoms with E-state index in [-0.39, 0.29) is 34.5 Å². The molecule has 0 saturated carbocycles. The highest BCUT2D eigenvalue weighted by Crippen LogP contribution is 2.28. The molecule has 4 aromatic rings. The van der Waals surface area contributed by atoms with Crippen molar-refractivity contribution in [2.24, 2.45) is 0 Å². The smallest absolute Gasteiger partial charge is 0.270 e. The zero-order valence-corrected chi connectivity index (χ0v) is 17.0. The normalized spacial score (nSPS) is 10.7. The first-order valence-electron chi connectivity index (χ1n) is 9.28. The number of hydrogen-bond donors (Lipinski definition) is 1. The molecule has 3 aromatic carbocycles. The molecular weight excluding hydrogens is 439 g/mol. The Balaban J connectivity index is 1.52. The highest BCUT2D eigenvalue weighted by atomic mass is 35.5. The number of ether oxygens (including phenoxy) is 1. The van der Waals surface area contributed by atoms with E-state index in [1.165, 1.54) is 54.9 Å². The van der Waals surface area contributed by atoms with Crippen molar-refractivity contribution in [3.63, 3.8) is 0 Å². The third-order valence-corrected chi connectivity index (χ3v) is 4.83. The predicted octanol–water partition coefficient (Wildman–Crippen LogP) is 5.16. The van der Waals surface area contributed by atoms with Crippen LogP contribution in [0, 0.1) is 15.9 Å². The van der Waals surface area contributed by atoms with Crippen molar-refractivity contribution in [3.05, 3.63) is 99.1 Å². The number of halogens is 2. The number of nitro benzene ring substituents is 1. The molecule has 8 nitrogen and oxygen atoms in total. The van der Waals surface area contributed by atoms with E-state index in [0.717, 1.165) is 0 Å². The van der Waals surface area contributed by atoms with Crippen LogP contribution in [0.5, 0.6) is 5.75 Å². The van der Waals surface area contributed by atoms with Gasteiger partial charge in [0.1, 0.15) is 30.3 Å². The van der Waals surface area contributed by atoms with Gasteiger partial charge in [-0.2, -0.15) is 0 Å². The van der Waals surface area contributed by atoms with Crippen LogP contribution in [0.4, 0.5) is 15.9 Å². The van der Waals surface area contributed by atoms with Crippen LogP contribution in [0.2, 0.25) is 5.02 Å². The second-order valence-corrected chi connectivity index (χ2v) is 7.11. The van der Waals surface area contributed by atoms with Crippen LogP contribution >= 0.6 is 11.6 Å². The van der Waals surface area contributed by atoms with Gasteiger partial charge in [-0.1, -0.05) is 23.7 Å². The van der Waals surface area contributed by atoms with Crippen LogP contribution < -0.4 is 10.1 Å². The minimum absolute atomic E-state index is 0.106. The fourth-order valence-electron chi connectivity index (χ4n) is 2.98. The molecule has 0 saturated heterocycles. The van der Waals surface area contributed by atoms with Gasteiger partial charge in [0.05, 0.1) is 15.5 Å². The SMILES string of the molecule is O=C(Nc1ncnc2ccc([N+](=O)[O-])cc12)c1ccc(OCc2cccc(F)c2)c(Cl)c1. The minimum atomic E-state index is -0.541. The van der Waals surface area contributed by atoms with Crippen molar-refractivity contribution in [1.82, 2.24) is 9.97 Å². The molecule has 0 bridgehead atoms. The number of nitrogens with zero attached hydrogens (tertiary/aromatic N) is 3. The second kappa shape index (κ2) is 8.94. The van der Waals surface area contributed by atoms with Crippen LogP contribution in [0.15, 0.2) is 67.0 Å². The third kappa shape index (κ3) is 4.62. The standard InChI is InChI=1S/C22H14ClFN4O4/c23-18-9-14(4-7-20(18)32-11-13-2-1-3-15(24)8-13)22(29)27-21-17-10-16(28(30)31)5-6-19(17)25-12-26-21/h1-10,12H,11H2,(H,25,26,27,29). The lowest BCUT2D eigenvalue weighted by molar-refractivity contribution is -0.384. The lowest BCUT2D eigenvalue weighted by atomic mass is 10.2. The lowest BCUT2D eigenvalue weighted by Gasteiger charge is -2.11. The van der Waals surface area contributed by atoms with Gasteiger partial charge in [0.15, 0.2) is 0 Å². The molecule has 4 rings (SSSR count). The molecule has 0 fully saturated rings. The fraction of sp³-hybridized carbons (Fsp3) is 0.0455. The van der Waals surface area contributed by atoms with Gasteiger partial charge in [0, 0.05) is 23.1 Å². The number of hydrogen-bond acceptors (Lipinski definition) is 6. The van der Waals surface area contributed by atoms with Crippen LogP contribution in [-0.2, 0) is 6.61 Å². The molecule has 0 aliphatic carbocycles. The van der Waals surface area contributed by atoms with Gasteiger partial charge in [-0.3, -0.25) is 14.9 Å². The molecular formula is C22H14ClFN4O4. The van der Waals surface area contributed by atoms with Crippen molar-refractivity contribution < 1.29 is 18.8 Å². The van der Waals surface area contributed by atoms with Crippen LogP contribution in [0.1, 0.15) is 15.9 Å². The van der Waals surface area contributed by atoms with Crippen molar-refractivity contribution in [3.8, 4) is 5.75 Å². The Morgan fingerprint density at radius 3 is 2.72 bits per heavy atom. The van der Waals surface area contributed by atoms with Gasteiger partial charge in [-0.15, -0.1) is 0 Å². The molecule has 0 radical (unpaired) electrons. The maximum Gasteiger partial charge on any atom is 0.270 e. The Labute approximate surface area is 185 Å². The Morgan fingerprint density at radius 2 is 1.97 bits per heavy atom. The lowest BCUT2D eigenvalue weighted by Crippen LogP contribution is -2.13. The molecule has 1 amide bonds. The molecule has 0 aliphatic rings. The zero-order valence-electron chi connectivity index (χ0n) is 16.3. The Morgan fingerprint density at radius 1 is 1.12 bits per heavy atom. The molecule has 0 spiro atoms. The average Bonchev–Trinajstić information content (AvgIpc) is 2.78. The molecule has 1 aromatic heterocycles. The minimum Gasteiger partial charge on any atom is -0.487 e. The van der Waals surface area contributed by atoms with Crippen molar-refractivity contribution in [2.45, 2.75) is 6.61 Å². The van der Waals surface area contributed by atoms with Crippen molar-refractivity contribution in [1.29, 1.82) is 0 Å². The zero-order chi connectivity index (χ0) is 22.7. The molecule has 0 aliphatic heterocycles. The van der Waals surface area contributed by atoms with Crippen LogP contribution in [-0.4, -0.2) is 20.8 Å². The van der Waals surface area contributed by atoms with E-state index in [1.807, 2.05) is 0 Å². The number of nitro groups is 1. The van der Waals surface area contributed by atoms with E-state index < -0.39 is 10.8 Å².